The van der Waals surface area contributed by atoms with Crippen LogP contribution in [0.25, 0.3) is 0 Å². The normalized spacial score (nSPS) is 24.1. The minimum Gasteiger partial charge on any atom is -0.481 e. The number of nitrogens with one attached hydrogen (secondary N) is 3. The van der Waals surface area contributed by atoms with E-state index in [0.717, 1.165) is 32.1 Å². The standard InChI is InChI=1S/C22H35N5O6/c28-18(9-4-10-19(29)30)27-13-12-26(22(33)24-15-6-2-1-3-7-15)14-17(27)21(32)25-16-8-5-11-23-20(16)31/h15-17H,1-14H2,(H,23,31)(H,24,33)(H,25,32)(H,29,30). The van der Waals surface area contributed by atoms with Crippen LogP contribution in [0.5, 0.6) is 0 Å². The Balaban J connectivity index is 1.65. The molecule has 11 heteroatoms. The van der Waals surface area contributed by atoms with Gasteiger partial charge in [0.2, 0.25) is 17.7 Å². The molecule has 1 saturated carbocycles. The number of urea groups is 1. The maximum atomic E-state index is 13.1. The van der Waals surface area contributed by atoms with Gasteiger partial charge in [0.15, 0.2) is 0 Å². The predicted molar refractivity (Wildman–Crippen MR) is 118 cm³/mol. The van der Waals surface area contributed by atoms with E-state index in [4.69, 9.17) is 5.11 Å². The molecule has 3 fully saturated rings. The largest absolute Gasteiger partial charge is 0.481 e. The van der Waals surface area contributed by atoms with Gasteiger partial charge in [-0.15, -0.1) is 0 Å². The third-order valence-electron chi connectivity index (χ3n) is 6.61. The second-order valence-electron chi connectivity index (χ2n) is 9.08. The molecule has 2 saturated heterocycles. The summed E-state index contributed by atoms with van der Waals surface area (Å²) in [6.45, 7) is 1.07. The Morgan fingerprint density at radius 3 is 2.42 bits per heavy atom. The lowest BCUT2D eigenvalue weighted by Crippen LogP contribution is -2.64. The highest BCUT2D eigenvalue weighted by molar-refractivity contribution is 5.93. The summed E-state index contributed by atoms with van der Waals surface area (Å²) in [5, 5.41) is 17.3. The molecule has 2 heterocycles. The molecule has 3 aliphatic rings. The third kappa shape index (κ3) is 7.06. The molecule has 5 amide bonds. The number of aliphatic carboxylic acids is 1. The van der Waals surface area contributed by atoms with Gasteiger partial charge in [-0.1, -0.05) is 19.3 Å². The van der Waals surface area contributed by atoms with E-state index >= 15 is 0 Å². The Hall–Kier alpha value is -2.85. The van der Waals surface area contributed by atoms with Crippen molar-refractivity contribution in [2.45, 2.75) is 82.3 Å². The molecule has 2 unspecified atom stereocenters. The topological polar surface area (TPSA) is 148 Å². The van der Waals surface area contributed by atoms with E-state index < -0.39 is 24.0 Å². The van der Waals surface area contributed by atoms with Crippen LogP contribution in [0.1, 0.15) is 64.2 Å². The number of hydrogen-bond donors (Lipinski definition) is 4. The van der Waals surface area contributed by atoms with E-state index in [2.05, 4.69) is 16.0 Å². The molecule has 0 radical (unpaired) electrons. The molecule has 0 aromatic rings. The summed E-state index contributed by atoms with van der Waals surface area (Å²) >= 11 is 0. The van der Waals surface area contributed by atoms with Crippen LogP contribution in [-0.4, -0.2) is 88.9 Å². The number of amides is 5. The van der Waals surface area contributed by atoms with Crippen molar-refractivity contribution < 1.29 is 29.1 Å². The molecule has 4 N–H and O–H groups in total. The van der Waals surface area contributed by atoms with E-state index in [9.17, 15) is 24.0 Å². The highest BCUT2D eigenvalue weighted by Crippen LogP contribution is 2.19. The van der Waals surface area contributed by atoms with Gasteiger partial charge in [-0.05, 0) is 32.1 Å². The second kappa shape index (κ2) is 11.9. The Kier molecular flexibility index (Phi) is 8.90. The first-order valence-electron chi connectivity index (χ1n) is 12.0. The van der Waals surface area contributed by atoms with E-state index in [1.54, 1.807) is 4.90 Å². The first-order chi connectivity index (χ1) is 15.8. The summed E-state index contributed by atoms with van der Waals surface area (Å²) in [7, 11) is 0. The first kappa shape index (κ1) is 24.8. The van der Waals surface area contributed by atoms with Gasteiger partial charge in [0.1, 0.15) is 12.1 Å². The Morgan fingerprint density at radius 1 is 0.970 bits per heavy atom. The smallest absolute Gasteiger partial charge is 0.317 e. The number of carboxylic acid groups (broad SMARTS) is 1. The zero-order valence-corrected chi connectivity index (χ0v) is 19.0. The zero-order chi connectivity index (χ0) is 23.8. The van der Waals surface area contributed by atoms with Crippen LogP contribution < -0.4 is 16.0 Å². The number of nitrogens with zero attached hydrogens (tertiary/aromatic N) is 2. The second-order valence-corrected chi connectivity index (χ2v) is 9.08. The molecule has 1 aliphatic carbocycles. The van der Waals surface area contributed by atoms with Gasteiger partial charge in [0.25, 0.3) is 0 Å². The van der Waals surface area contributed by atoms with Crippen molar-refractivity contribution >= 4 is 29.7 Å². The number of carbonyl (C=O) groups excluding carboxylic acids is 4. The number of carbonyl (C=O) groups is 5. The Labute approximate surface area is 193 Å². The predicted octanol–water partition coefficient (Wildman–Crippen LogP) is 0.191. The van der Waals surface area contributed by atoms with Gasteiger partial charge >= 0.3 is 12.0 Å². The van der Waals surface area contributed by atoms with Crippen molar-refractivity contribution in [1.82, 2.24) is 25.8 Å². The van der Waals surface area contributed by atoms with Crippen LogP contribution in [0.15, 0.2) is 0 Å². The van der Waals surface area contributed by atoms with Crippen molar-refractivity contribution in [2.75, 3.05) is 26.2 Å². The monoisotopic (exact) mass is 465 g/mol. The summed E-state index contributed by atoms with van der Waals surface area (Å²) < 4.78 is 0. The molecule has 2 aliphatic heterocycles. The summed E-state index contributed by atoms with van der Waals surface area (Å²) in [6, 6.07) is -1.71. The fourth-order valence-corrected chi connectivity index (χ4v) is 4.72. The lowest BCUT2D eigenvalue weighted by atomic mass is 9.96. The molecule has 184 valence electrons. The average Bonchev–Trinajstić information content (AvgIpc) is 2.80. The van der Waals surface area contributed by atoms with E-state index in [1.807, 2.05) is 0 Å². The van der Waals surface area contributed by atoms with Gasteiger partial charge in [-0.25, -0.2) is 4.79 Å². The van der Waals surface area contributed by atoms with Gasteiger partial charge in [-0.2, -0.15) is 0 Å². The Morgan fingerprint density at radius 2 is 1.73 bits per heavy atom. The van der Waals surface area contributed by atoms with Crippen LogP contribution in [-0.2, 0) is 19.2 Å². The lowest BCUT2D eigenvalue weighted by Gasteiger charge is -2.41. The fourth-order valence-electron chi connectivity index (χ4n) is 4.72. The molecule has 3 rings (SSSR count). The molecule has 33 heavy (non-hydrogen) atoms. The average molecular weight is 466 g/mol. The molecule has 2 atom stereocenters. The van der Waals surface area contributed by atoms with E-state index in [1.165, 1.54) is 11.3 Å². The van der Waals surface area contributed by atoms with Gasteiger partial charge in [0, 0.05) is 38.5 Å². The number of carboxylic acids is 1. The molecule has 0 spiro atoms. The maximum Gasteiger partial charge on any atom is 0.317 e. The highest BCUT2D eigenvalue weighted by atomic mass is 16.4. The molecule has 0 aromatic carbocycles. The van der Waals surface area contributed by atoms with Gasteiger partial charge in [0.05, 0.1) is 6.54 Å². The van der Waals surface area contributed by atoms with E-state index in [-0.39, 0.29) is 62.8 Å². The van der Waals surface area contributed by atoms with Crippen molar-refractivity contribution in [2.24, 2.45) is 0 Å². The Bertz CT molecular complexity index is 754. The summed E-state index contributed by atoms with van der Waals surface area (Å²) in [5.41, 5.74) is 0. The van der Waals surface area contributed by atoms with Crippen LogP contribution >= 0.6 is 0 Å². The molecule has 0 aromatic heterocycles. The van der Waals surface area contributed by atoms with Gasteiger partial charge < -0.3 is 30.9 Å². The van der Waals surface area contributed by atoms with Crippen molar-refractivity contribution in [3.63, 3.8) is 0 Å². The SMILES string of the molecule is O=C(O)CCCC(=O)N1CCN(C(=O)NC2CCCCC2)CC1C(=O)NC1CCCNC1=O. The quantitative estimate of drug-likeness (QED) is 0.422. The minimum atomic E-state index is -0.982. The lowest BCUT2D eigenvalue weighted by molar-refractivity contribution is -0.144. The minimum absolute atomic E-state index is 0.00820. The van der Waals surface area contributed by atoms with Gasteiger partial charge in [-0.3, -0.25) is 19.2 Å². The van der Waals surface area contributed by atoms with Crippen LogP contribution in [0.3, 0.4) is 0 Å². The number of piperidine rings is 1. The number of rotatable bonds is 7. The molecule has 0 bridgehead atoms. The summed E-state index contributed by atoms with van der Waals surface area (Å²) in [4.78, 5) is 64.6. The molecular formula is C22H35N5O6. The summed E-state index contributed by atoms with van der Waals surface area (Å²) in [5.74, 6) is -2.03. The van der Waals surface area contributed by atoms with Crippen LogP contribution in [0.4, 0.5) is 4.79 Å². The number of piperazine rings is 1. The molecule has 11 nitrogen and oxygen atoms in total. The van der Waals surface area contributed by atoms with Crippen LogP contribution in [0, 0.1) is 0 Å². The first-order valence-corrected chi connectivity index (χ1v) is 12.0. The van der Waals surface area contributed by atoms with Crippen LogP contribution in [0.2, 0.25) is 0 Å². The maximum absolute atomic E-state index is 13.1. The van der Waals surface area contributed by atoms with Crippen molar-refractivity contribution in [3.05, 3.63) is 0 Å². The fraction of sp³-hybridized carbons (Fsp3) is 0.773. The third-order valence-corrected chi connectivity index (χ3v) is 6.61. The molecular weight excluding hydrogens is 430 g/mol. The van der Waals surface area contributed by atoms with E-state index in [0.29, 0.717) is 13.0 Å². The van der Waals surface area contributed by atoms with Crippen molar-refractivity contribution in [1.29, 1.82) is 0 Å². The van der Waals surface area contributed by atoms with Crippen molar-refractivity contribution in [3.8, 4) is 0 Å². The zero-order valence-electron chi connectivity index (χ0n) is 19.0. The highest BCUT2D eigenvalue weighted by Gasteiger charge is 2.38. The number of hydrogen-bond acceptors (Lipinski definition) is 5. The summed E-state index contributed by atoms with van der Waals surface area (Å²) in [6.07, 6.45) is 6.53.